The van der Waals surface area contributed by atoms with Gasteiger partial charge in [-0.05, 0) is 48.4 Å². The minimum Gasteiger partial charge on any atom is -0.397 e. The molecule has 0 saturated heterocycles. The molecule has 1 aliphatic rings. The number of nitrogens with two attached hydrogens (primary N) is 2. The average molecular weight is 708 g/mol. The van der Waals surface area contributed by atoms with E-state index in [1.165, 1.54) is 23.2 Å². The van der Waals surface area contributed by atoms with Crippen LogP contribution in [0.2, 0.25) is 5.02 Å². The number of nitrogens with one attached hydrogen (secondary N) is 1. The number of aliphatic imine (C=N–C) groups is 1. The Kier molecular flexibility index (Phi) is 13.2. The number of hydrazine groups is 1. The number of aromatic nitrogens is 2. The number of halogens is 3. The maximum Gasteiger partial charge on any atom is 0.227 e. The van der Waals surface area contributed by atoms with Gasteiger partial charge in [0.25, 0.3) is 0 Å². The minimum absolute atomic E-state index is 0.113. The number of aliphatic hydroxyl groups is 1. The Labute approximate surface area is 294 Å². The van der Waals surface area contributed by atoms with Crippen molar-refractivity contribution in [2.24, 2.45) is 16.6 Å². The standard InChI is InChI=1S/C36H40ClF2N7O4/c1-2-13-48-15-16-50-22-27(47)21-49-14-12-46(41)20-32(40)23-6-9-26(10-7-23)44-36-43-19-24-18-42-35(33-30(38)4-3-5-31(33)39)29-17-25(37)8-11-28(29)34(24)45-36/h3-11,17,19-20,27,47H,2,12-16,18,21-22,40-41H2,1H3,(H,43,44,45)/b32-20-. The van der Waals surface area contributed by atoms with Gasteiger partial charge in [-0.2, -0.15) is 0 Å². The predicted octanol–water partition coefficient (Wildman–Crippen LogP) is 5.42. The number of ether oxygens (including phenoxy) is 3. The highest BCUT2D eigenvalue weighted by Gasteiger charge is 2.25. The fraction of sp³-hybridized carbons (Fsp3) is 0.306. The van der Waals surface area contributed by atoms with E-state index in [1.54, 1.807) is 30.6 Å². The van der Waals surface area contributed by atoms with Gasteiger partial charge in [0.2, 0.25) is 5.95 Å². The van der Waals surface area contributed by atoms with E-state index >= 15 is 0 Å². The van der Waals surface area contributed by atoms with Crippen molar-refractivity contribution in [3.63, 3.8) is 0 Å². The van der Waals surface area contributed by atoms with Crippen molar-refractivity contribution >= 4 is 34.6 Å². The van der Waals surface area contributed by atoms with Crippen molar-refractivity contribution in [2.75, 3.05) is 51.5 Å². The van der Waals surface area contributed by atoms with Crippen LogP contribution in [0.25, 0.3) is 17.0 Å². The van der Waals surface area contributed by atoms with Crippen LogP contribution in [0.5, 0.6) is 0 Å². The van der Waals surface area contributed by atoms with Crippen LogP contribution in [-0.4, -0.2) is 78.1 Å². The zero-order valence-electron chi connectivity index (χ0n) is 27.6. The van der Waals surface area contributed by atoms with Crippen LogP contribution in [0.4, 0.5) is 20.4 Å². The van der Waals surface area contributed by atoms with E-state index < -0.39 is 17.7 Å². The zero-order valence-corrected chi connectivity index (χ0v) is 28.4. The summed E-state index contributed by atoms with van der Waals surface area (Å²) >= 11 is 6.33. The minimum atomic E-state index is -0.746. The topological polar surface area (TPSA) is 153 Å². The van der Waals surface area contributed by atoms with E-state index in [4.69, 9.17) is 42.4 Å². The summed E-state index contributed by atoms with van der Waals surface area (Å²) < 4.78 is 45.9. The molecule has 1 unspecified atom stereocenters. The summed E-state index contributed by atoms with van der Waals surface area (Å²) in [7, 11) is 0. The summed E-state index contributed by atoms with van der Waals surface area (Å²) in [6, 6.07) is 16.1. The Balaban J connectivity index is 1.18. The molecule has 0 spiro atoms. The molecule has 0 saturated carbocycles. The van der Waals surface area contributed by atoms with E-state index in [0.29, 0.717) is 71.1 Å². The molecule has 11 nitrogen and oxygen atoms in total. The number of benzene rings is 3. The fourth-order valence-corrected chi connectivity index (χ4v) is 5.31. The first-order valence-electron chi connectivity index (χ1n) is 16.2. The number of fused-ring (bicyclic) bond motifs is 3. The van der Waals surface area contributed by atoms with Crippen LogP contribution in [0.1, 0.15) is 35.6 Å². The first kappa shape index (κ1) is 36.8. The second-order valence-electron chi connectivity index (χ2n) is 11.5. The molecule has 50 heavy (non-hydrogen) atoms. The lowest BCUT2D eigenvalue weighted by molar-refractivity contribution is -0.0333. The van der Waals surface area contributed by atoms with Crippen molar-refractivity contribution < 1.29 is 28.1 Å². The number of hydrogen-bond donors (Lipinski definition) is 4. The lowest BCUT2D eigenvalue weighted by atomic mass is 9.95. The molecular formula is C36H40ClF2N7O4. The predicted molar refractivity (Wildman–Crippen MR) is 190 cm³/mol. The molecule has 5 rings (SSSR count). The van der Waals surface area contributed by atoms with Gasteiger partial charge in [0.15, 0.2) is 0 Å². The van der Waals surface area contributed by atoms with Gasteiger partial charge in [-0.1, -0.05) is 42.8 Å². The molecular weight excluding hydrogens is 668 g/mol. The van der Waals surface area contributed by atoms with Gasteiger partial charge in [0, 0.05) is 46.4 Å². The normalized spacial score (nSPS) is 13.2. The van der Waals surface area contributed by atoms with Crippen molar-refractivity contribution in [1.29, 1.82) is 0 Å². The summed E-state index contributed by atoms with van der Waals surface area (Å²) in [5.74, 6) is 4.94. The van der Waals surface area contributed by atoms with Gasteiger partial charge in [0.05, 0.1) is 68.8 Å². The van der Waals surface area contributed by atoms with Gasteiger partial charge in [-0.15, -0.1) is 0 Å². The van der Waals surface area contributed by atoms with Gasteiger partial charge < -0.3 is 35.4 Å². The molecule has 0 amide bonds. The smallest absolute Gasteiger partial charge is 0.227 e. The van der Waals surface area contributed by atoms with Crippen LogP contribution < -0.4 is 16.9 Å². The highest BCUT2D eigenvalue weighted by molar-refractivity contribution is 6.31. The van der Waals surface area contributed by atoms with E-state index in [2.05, 4.69) is 15.3 Å². The Bertz CT molecular complexity index is 1790. The van der Waals surface area contributed by atoms with Crippen molar-refractivity contribution in [3.8, 4) is 11.3 Å². The number of nitrogens with zero attached hydrogens (tertiary/aromatic N) is 4. The summed E-state index contributed by atoms with van der Waals surface area (Å²) in [5, 5.41) is 15.0. The molecule has 264 valence electrons. The molecule has 1 aromatic heterocycles. The van der Waals surface area contributed by atoms with Gasteiger partial charge in [-0.3, -0.25) is 4.99 Å². The van der Waals surface area contributed by atoms with Crippen molar-refractivity contribution in [3.05, 3.63) is 112 Å². The SMILES string of the molecule is CCCOCCOCC(O)COCCN(N)/C=C(\N)c1ccc(Nc2ncc3c(n2)-c2ccc(Cl)cc2C(c2c(F)cccc2F)=NC3)cc1. The number of anilines is 2. The highest BCUT2D eigenvalue weighted by Crippen LogP contribution is 2.34. The van der Waals surface area contributed by atoms with Gasteiger partial charge in [0.1, 0.15) is 17.7 Å². The summed E-state index contributed by atoms with van der Waals surface area (Å²) in [6.45, 7) is 4.67. The van der Waals surface area contributed by atoms with Crippen LogP contribution in [0.15, 0.2) is 78.1 Å². The molecule has 1 aliphatic heterocycles. The number of rotatable bonds is 17. The quantitative estimate of drug-likeness (QED) is 0.0636. The van der Waals surface area contributed by atoms with Gasteiger partial charge >= 0.3 is 0 Å². The Morgan fingerprint density at radius 3 is 2.46 bits per heavy atom. The highest BCUT2D eigenvalue weighted by atomic mass is 35.5. The van der Waals surface area contributed by atoms with Crippen molar-refractivity contribution in [1.82, 2.24) is 15.0 Å². The average Bonchev–Trinajstić information content (AvgIpc) is 3.25. The molecule has 0 bridgehead atoms. The maximum atomic E-state index is 14.9. The van der Waals surface area contributed by atoms with E-state index in [1.807, 2.05) is 31.2 Å². The first-order chi connectivity index (χ1) is 24.2. The molecule has 2 heterocycles. The molecule has 0 radical (unpaired) electrons. The van der Waals surface area contributed by atoms with Crippen LogP contribution in [0, 0.1) is 11.6 Å². The molecule has 3 aromatic carbocycles. The second kappa shape index (κ2) is 17.9. The van der Waals surface area contributed by atoms with E-state index in [9.17, 15) is 13.9 Å². The molecule has 6 N–H and O–H groups in total. The lowest BCUT2D eigenvalue weighted by Crippen LogP contribution is -2.31. The second-order valence-corrected chi connectivity index (χ2v) is 11.9. The number of aliphatic hydroxyl groups excluding tert-OH is 1. The largest absolute Gasteiger partial charge is 0.397 e. The van der Waals surface area contributed by atoms with E-state index in [0.717, 1.165) is 12.0 Å². The van der Waals surface area contributed by atoms with Crippen molar-refractivity contribution in [2.45, 2.75) is 26.0 Å². The summed E-state index contributed by atoms with van der Waals surface area (Å²) in [4.78, 5) is 13.8. The Hall–Kier alpha value is -4.50. The Morgan fingerprint density at radius 2 is 1.72 bits per heavy atom. The molecule has 14 heteroatoms. The summed E-state index contributed by atoms with van der Waals surface area (Å²) in [6.07, 6.45) is 3.45. The molecule has 0 fully saturated rings. The first-order valence-corrected chi connectivity index (χ1v) is 16.5. The zero-order chi connectivity index (χ0) is 35.5. The lowest BCUT2D eigenvalue weighted by Gasteiger charge is -2.17. The van der Waals surface area contributed by atoms with Crippen LogP contribution in [0.3, 0.4) is 0 Å². The molecule has 0 aliphatic carbocycles. The molecule has 1 atom stereocenters. The monoisotopic (exact) mass is 707 g/mol. The summed E-state index contributed by atoms with van der Waals surface area (Å²) in [5.41, 5.74) is 10.4. The third kappa shape index (κ3) is 9.81. The molecule has 4 aromatic rings. The van der Waals surface area contributed by atoms with Crippen LogP contribution >= 0.6 is 11.6 Å². The van der Waals surface area contributed by atoms with Crippen LogP contribution in [-0.2, 0) is 20.8 Å². The fourth-order valence-electron chi connectivity index (χ4n) is 5.14. The maximum absolute atomic E-state index is 14.9. The Morgan fingerprint density at radius 1 is 1.00 bits per heavy atom. The number of hydrogen-bond acceptors (Lipinski definition) is 11. The van der Waals surface area contributed by atoms with Gasteiger partial charge in [-0.25, -0.2) is 24.6 Å². The third-order valence-corrected chi connectivity index (χ3v) is 7.81. The van der Waals surface area contributed by atoms with E-state index in [-0.39, 0.29) is 37.6 Å². The third-order valence-electron chi connectivity index (χ3n) is 7.58.